The Balaban J connectivity index is 1.41. The molecule has 0 saturated heterocycles. The van der Waals surface area contributed by atoms with Gasteiger partial charge in [0.15, 0.2) is 17.3 Å². The number of nitrogens with one attached hydrogen (secondary N) is 3. The van der Waals surface area contributed by atoms with Gasteiger partial charge in [-0.05, 0) is 53.4 Å². The lowest BCUT2D eigenvalue weighted by Gasteiger charge is -2.09. The third-order valence-electron chi connectivity index (χ3n) is 6.18. The molecular weight excluding hydrogens is 483 g/mol. The number of carbonyl (C=O) groups excluding carboxylic acids is 1. The number of hydrogen-bond donors (Lipinski definition) is 3. The first-order valence-electron chi connectivity index (χ1n) is 12.1. The first-order chi connectivity index (χ1) is 18.5. The van der Waals surface area contributed by atoms with Crippen molar-refractivity contribution < 1.29 is 9.18 Å². The number of aromatic nitrogens is 7. The number of aromatic amines is 2. The van der Waals surface area contributed by atoms with Gasteiger partial charge in [0.05, 0.1) is 17.4 Å². The number of rotatable bonds is 6. The zero-order chi connectivity index (χ0) is 26.2. The highest BCUT2D eigenvalue weighted by molar-refractivity contribution is 5.98. The molecule has 0 aliphatic rings. The lowest BCUT2D eigenvalue weighted by molar-refractivity contribution is -0.116. The summed E-state index contributed by atoms with van der Waals surface area (Å²) in [7, 11) is 0. The van der Waals surface area contributed by atoms with Gasteiger partial charge < -0.3 is 10.3 Å². The van der Waals surface area contributed by atoms with Gasteiger partial charge in [-0.3, -0.25) is 19.9 Å². The minimum absolute atomic E-state index is 0.0951. The summed E-state index contributed by atoms with van der Waals surface area (Å²) >= 11 is 0. The van der Waals surface area contributed by atoms with Gasteiger partial charge in [0.25, 0.3) is 0 Å². The van der Waals surface area contributed by atoms with E-state index >= 15 is 4.39 Å². The maximum absolute atomic E-state index is 15.2. The molecule has 0 bridgehead atoms. The van der Waals surface area contributed by atoms with Crippen molar-refractivity contribution in [2.24, 2.45) is 5.92 Å². The number of anilines is 1. The highest BCUT2D eigenvalue weighted by Crippen LogP contribution is 2.34. The van der Waals surface area contributed by atoms with E-state index in [2.05, 4.69) is 40.4 Å². The number of amides is 1. The molecule has 0 fully saturated rings. The largest absolute Gasteiger partial charge is 0.335 e. The number of hydrogen-bond acceptors (Lipinski definition) is 6. The Hall–Kier alpha value is -4.99. The van der Waals surface area contributed by atoms with Gasteiger partial charge in [-0.1, -0.05) is 13.8 Å². The summed E-state index contributed by atoms with van der Waals surface area (Å²) in [5, 5.41) is 10.6. The fraction of sp³-hybridized carbons (Fsp3) is 0.143. The zero-order valence-electron chi connectivity index (χ0n) is 20.7. The molecule has 3 N–H and O–H groups in total. The minimum atomic E-state index is -0.485. The normalized spacial score (nSPS) is 11.5. The maximum atomic E-state index is 15.2. The van der Waals surface area contributed by atoms with Crippen LogP contribution in [-0.4, -0.2) is 41.0 Å². The summed E-state index contributed by atoms with van der Waals surface area (Å²) in [5.74, 6) is 0.139. The molecule has 0 saturated carbocycles. The smallest absolute Gasteiger partial charge is 0.224 e. The highest BCUT2D eigenvalue weighted by atomic mass is 19.1. The summed E-state index contributed by atoms with van der Waals surface area (Å²) < 4.78 is 15.2. The third-order valence-corrected chi connectivity index (χ3v) is 6.18. The molecule has 5 heterocycles. The average molecular weight is 507 g/mol. The second-order valence-electron chi connectivity index (χ2n) is 9.44. The molecule has 0 radical (unpaired) electrons. The van der Waals surface area contributed by atoms with Crippen molar-refractivity contribution in [2.75, 3.05) is 5.32 Å². The van der Waals surface area contributed by atoms with Gasteiger partial charge in [0.1, 0.15) is 11.2 Å². The van der Waals surface area contributed by atoms with Crippen molar-refractivity contribution in [3.8, 4) is 33.8 Å². The Morgan fingerprint density at radius 2 is 1.84 bits per heavy atom. The molecule has 0 atom stereocenters. The van der Waals surface area contributed by atoms with E-state index in [9.17, 15) is 4.79 Å². The molecule has 0 aliphatic carbocycles. The Morgan fingerprint density at radius 1 is 1.00 bits per heavy atom. The van der Waals surface area contributed by atoms with E-state index in [4.69, 9.17) is 0 Å². The van der Waals surface area contributed by atoms with Crippen molar-refractivity contribution in [1.29, 1.82) is 0 Å². The summed E-state index contributed by atoms with van der Waals surface area (Å²) in [6.07, 6.45) is 8.76. The van der Waals surface area contributed by atoms with E-state index in [1.807, 2.05) is 38.1 Å². The van der Waals surface area contributed by atoms with Gasteiger partial charge in [0, 0.05) is 47.7 Å². The van der Waals surface area contributed by atoms with Gasteiger partial charge in [-0.25, -0.2) is 14.4 Å². The predicted octanol–water partition coefficient (Wildman–Crippen LogP) is 5.75. The molecule has 38 heavy (non-hydrogen) atoms. The van der Waals surface area contributed by atoms with Crippen LogP contribution >= 0.6 is 0 Å². The number of halogens is 1. The van der Waals surface area contributed by atoms with Gasteiger partial charge in [-0.15, -0.1) is 0 Å². The molecule has 0 spiro atoms. The number of carbonyl (C=O) groups is 1. The average Bonchev–Trinajstić information content (AvgIpc) is 3.53. The monoisotopic (exact) mass is 506 g/mol. The van der Waals surface area contributed by atoms with Gasteiger partial charge in [0.2, 0.25) is 5.91 Å². The standard InChI is InChI=1S/C28H23FN8O/c1-15(2)9-23(38)33-19-10-18(13-31-14-19)17-11-21-24(22(29)12-17)36-37-26(21)28-34-25-20(5-8-32-27(25)35-28)16-3-6-30-7-4-16/h3-8,10-15H,9H2,1-2H3,(H,33,38)(H,36,37)(H,32,34,35). The first-order valence-corrected chi connectivity index (χ1v) is 12.1. The second kappa shape index (κ2) is 9.47. The Kier molecular flexibility index (Phi) is 5.83. The van der Waals surface area contributed by atoms with Crippen molar-refractivity contribution >= 4 is 33.7 Å². The predicted molar refractivity (Wildman–Crippen MR) is 143 cm³/mol. The molecule has 188 valence electrons. The molecule has 10 heteroatoms. The fourth-order valence-corrected chi connectivity index (χ4v) is 4.47. The van der Waals surface area contributed by atoms with Crippen LogP contribution in [0.25, 0.3) is 55.8 Å². The van der Waals surface area contributed by atoms with E-state index in [0.717, 1.165) is 16.6 Å². The fourth-order valence-electron chi connectivity index (χ4n) is 4.47. The van der Waals surface area contributed by atoms with Gasteiger partial charge >= 0.3 is 0 Å². The molecule has 1 aromatic carbocycles. The van der Waals surface area contributed by atoms with Crippen LogP contribution < -0.4 is 5.32 Å². The number of imidazole rings is 1. The van der Waals surface area contributed by atoms with Gasteiger partial charge in [-0.2, -0.15) is 5.10 Å². The summed E-state index contributed by atoms with van der Waals surface area (Å²) in [5.41, 5.74) is 5.71. The Labute approximate surface area is 216 Å². The van der Waals surface area contributed by atoms with Crippen molar-refractivity contribution in [2.45, 2.75) is 20.3 Å². The molecule has 9 nitrogen and oxygen atoms in total. The SMILES string of the molecule is CC(C)CC(=O)Nc1cncc(-c2cc(F)c3n[nH]c(-c4nc5nccc(-c6ccncc6)c5[nH]4)c3c2)c1. The van der Waals surface area contributed by atoms with Crippen LogP contribution in [0.3, 0.4) is 0 Å². The summed E-state index contributed by atoms with van der Waals surface area (Å²) in [6, 6.07) is 10.7. The molecule has 5 aromatic heterocycles. The quantitative estimate of drug-likeness (QED) is 0.264. The van der Waals surface area contributed by atoms with E-state index < -0.39 is 5.82 Å². The van der Waals surface area contributed by atoms with Crippen molar-refractivity contribution in [1.82, 2.24) is 35.1 Å². The second-order valence-corrected chi connectivity index (χ2v) is 9.44. The van der Waals surface area contributed by atoms with Crippen LogP contribution in [0.5, 0.6) is 0 Å². The summed E-state index contributed by atoms with van der Waals surface area (Å²) in [6.45, 7) is 3.96. The van der Waals surface area contributed by atoms with Crippen molar-refractivity contribution in [3.05, 3.63) is 73.2 Å². The van der Waals surface area contributed by atoms with E-state index in [1.165, 1.54) is 6.07 Å². The van der Waals surface area contributed by atoms with E-state index in [1.54, 1.807) is 37.1 Å². The molecule has 6 aromatic rings. The van der Waals surface area contributed by atoms with E-state index in [0.29, 0.717) is 45.8 Å². The highest BCUT2D eigenvalue weighted by Gasteiger charge is 2.18. The maximum Gasteiger partial charge on any atom is 0.224 e. The molecule has 1 amide bonds. The molecule has 0 unspecified atom stereocenters. The van der Waals surface area contributed by atoms with Crippen LogP contribution in [0.4, 0.5) is 10.1 Å². The van der Waals surface area contributed by atoms with Crippen LogP contribution in [-0.2, 0) is 4.79 Å². The van der Waals surface area contributed by atoms with Crippen LogP contribution in [0.15, 0.2) is 67.4 Å². The number of nitrogens with zero attached hydrogens (tertiary/aromatic N) is 5. The number of fused-ring (bicyclic) bond motifs is 2. The minimum Gasteiger partial charge on any atom is -0.335 e. The zero-order valence-corrected chi connectivity index (χ0v) is 20.7. The lowest BCUT2D eigenvalue weighted by atomic mass is 10.0. The molecular formula is C28H23FN8O. The summed E-state index contributed by atoms with van der Waals surface area (Å²) in [4.78, 5) is 33.0. The Morgan fingerprint density at radius 3 is 2.66 bits per heavy atom. The third kappa shape index (κ3) is 4.36. The van der Waals surface area contributed by atoms with Crippen LogP contribution in [0, 0.1) is 11.7 Å². The van der Waals surface area contributed by atoms with E-state index in [-0.39, 0.29) is 17.3 Å². The first kappa shape index (κ1) is 23.4. The topological polar surface area (TPSA) is 125 Å². The number of H-pyrrole nitrogens is 2. The van der Waals surface area contributed by atoms with Crippen LogP contribution in [0.1, 0.15) is 20.3 Å². The number of pyridine rings is 3. The Bertz CT molecular complexity index is 1790. The number of benzene rings is 1. The van der Waals surface area contributed by atoms with Crippen LogP contribution in [0.2, 0.25) is 0 Å². The molecule has 0 aliphatic heterocycles. The molecule has 6 rings (SSSR count). The lowest BCUT2D eigenvalue weighted by Crippen LogP contribution is -2.13. The van der Waals surface area contributed by atoms with Crippen molar-refractivity contribution in [3.63, 3.8) is 0 Å².